The van der Waals surface area contributed by atoms with E-state index < -0.39 is 6.10 Å². The minimum absolute atomic E-state index is 0.374. The number of pyridine rings is 1. The molecule has 3 N–H and O–H groups in total. The first-order valence-corrected chi connectivity index (χ1v) is 6.17. The van der Waals surface area contributed by atoms with E-state index in [2.05, 4.69) is 4.98 Å². The fraction of sp³-hybridized carbons (Fsp3) is 0.267. The second-order valence-corrected chi connectivity index (χ2v) is 4.39. The molecule has 2 atom stereocenters. The van der Waals surface area contributed by atoms with Crippen LogP contribution in [0.5, 0.6) is 0 Å². The third-order valence-electron chi connectivity index (χ3n) is 3.09. The average Bonchev–Trinajstić information content (AvgIpc) is 2.43. The van der Waals surface area contributed by atoms with E-state index in [0.717, 1.165) is 11.1 Å². The molecule has 2 rings (SSSR count). The van der Waals surface area contributed by atoms with E-state index in [4.69, 9.17) is 10.5 Å². The monoisotopic (exact) mass is 258 g/mol. The van der Waals surface area contributed by atoms with Gasteiger partial charge < -0.3 is 15.6 Å². The van der Waals surface area contributed by atoms with Crippen LogP contribution in [0, 0.1) is 0 Å². The molecule has 0 amide bonds. The quantitative estimate of drug-likeness (QED) is 0.860. The molecule has 2 aromatic rings. The zero-order chi connectivity index (χ0) is 13.7. The number of hydrogen-bond donors (Lipinski definition) is 2. The van der Waals surface area contributed by atoms with Crippen LogP contribution in [0.15, 0.2) is 48.7 Å². The first-order chi connectivity index (χ1) is 9.22. The van der Waals surface area contributed by atoms with Crippen molar-refractivity contribution in [1.82, 2.24) is 4.98 Å². The Hall–Kier alpha value is -1.91. The maximum Gasteiger partial charge on any atom is 0.126 e. The molecule has 0 saturated heterocycles. The number of aromatic nitrogens is 1. The molecule has 0 fully saturated rings. The third kappa shape index (κ3) is 3.30. The molecule has 0 aliphatic carbocycles. The predicted molar refractivity (Wildman–Crippen MR) is 74.6 cm³/mol. The maximum atomic E-state index is 10.3. The van der Waals surface area contributed by atoms with E-state index in [-0.39, 0.29) is 6.10 Å². The Balaban J connectivity index is 2.14. The molecule has 1 heterocycles. The number of anilines is 1. The lowest BCUT2D eigenvalue weighted by Crippen LogP contribution is -2.23. The number of rotatable bonds is 5. The van der Waals surface area contributed by atoms with Crippen molar-refractivity contribution in [2.45, 2.75) is 18.6 Å². The highest BCUT2D eigenvalue weighted by Crippen LogP contribution is 2.24. The first kappa shape index (κ1) is 13.5. The number of ether oxygens (including phenoxy) is 1. The SMILES string of the molecule is COC(c1ccccc1)C(O)Cc1cccnc1N. The summed E-state index contributed by atoms with van der Waals surface area (Å²) in [7, 11) is 1.59. The molecule has 100 valence electrons. The van der Waals surface area contributed by atoms with Crippen LogP contribution >= 0.6 is 0 Å². The van der Waals surface area contributed by atoms with Gasteiger partial charge in [0.05, 0.1) is 6.10 Å². The fourth-order valence-electron chi connectivity index (χ4n) is 2.11. The summed E-state index contributed by atoms with van der Waals surface area (Å²) in [5.41, 5.74) is 7.56. The molecule has 4 heteroatoms. The number of nitrogen functional groups attached to an aromatic ring is 1. The van der Waals surface area contributed by atoms with Crippen LogP contribution in [0.3, 0.4) is 0 Å². The standard InChI is InChI=1S/C15H18N2O2/c1-19-14(11-6-3-2-4-7-11)13(18)10-12-8-5-9-17-15(12)16/h2-9,13-14,18H,10H2,1H3,(H2,16,17). The van der Waals surface area contributed by atoms with Crippen molar-refractivity contribution >= 4 is 5.82 Å². The highest BCUT2D eigenvalue weighted by atomic mass is 16.5. The van der Waals surface area contributed by atoms with Crippen LogP contribution in [0.4, 0.5) is 5.82 Å². The van der Waals surface area contributed by atoms with Gasteiger partial charge in [0, 0.05) is 19.7 Å². The summed E-state index contributed by atoms with van der Waals surface area (Å²) in [6.45, 7) is 0. The normalized spacial score (nSPS) is 14.0. The molecule has 1 aromatic carbocycles. The second kappa shape index (κ2) is 6.31. The van der Waals surface area contributed by atoms with E-state index in [9.17, 15) is 5.11 Å². The first-order valence-electron chi connectivity index (χ1n) is 6.17. The van der Waals surface area contributed by atoms with E-state index in [0.29, 0.717) is 12.2 Å². The van der Waals surface area contributed by atoms with Crippen molar-refractivity contribution in [1.29, 1.82) is 0 Å². The lowest BCUT2D eigenvalue weighted by atomic mass is 9.98. The maximum absolute atomic E-state index is 10.3. The third-order valence-corrected chi connectivity index (χ3v) is 3.09. The summed E-state index contributed by atoms with van der Waals surface area (Å²) in [5, 5.41) is 10.3. The topological polar surface area (TPSA) is 68.4 Å². The van der Waals surface area contributed by atoms with Gasteiger partial charge in [-0.3, -0.25) is 0 Å². The largest absolute Gasteiger partial charge is 0.390 e. The minimum Gasteiger partial charge on any atom is -0.390 e. The molecule has 0 saturated carbocycles. The van der Waals surface area contributed by atoms with Gasteiger partial charge in [-0.25, -0.2) is 4.98 Å². The van der Waals surface area contributed by atoms with Crippen LogP contribution in [-0.4, -0.2) is 23.3 Å². The van der Waals surface area contributed by atoms with Gasteiger partial charge in [-0.1, -0.05) is 36.4 Å². The Morgan fingerprint density at radius 3 is 2.58 bits per heavy atom. The summed E-state index contributed by atoms with van der Waals surface area (Å²) >= 11 is 0. The zero-order valence-electron chi connectivity index (χ0n) is 10.9. The summed E-state index contributed by atoms with van der Waals surface area (Å²) in [5.74, 6) is 0.449. The number of methoxy groups -OCH3 is 1. The van der Waals surface area contributed by atoms with Crippen molar-refractivity contribution in [2.24, 2.45) is 0 Å². The van der Waals surface area contributed by atoms with Crippen molar-refractivity contribution in [3.63, 3.8) is 0 Å². The summed E-state index contributed by atoms with van der Waals surface area (Å²) < 4.78 is 5.40. The van der Waals surface area contributed by atoms with Gasteiger partial charge in [0.15, 0.2) is 0 Å². The van der Waals surface area contributed by atoms with Crippen LogP contribution in [0.25, 0.3) is 0 Å². The summed E-state index contributed by atoms with van der Waals surface area (Å²) in [4.78, 5) is 4.02. The molecule has 19 heavy (non-hydrogen) atoms. The lowest BCUT2D eigenvalue weighted by Gasteiger charge is -2.22. The van der Waals surface area contributed by atoms with Crippen molar-refractivity contribution in [3.05, 3.63) is 59.8 Å². The van der Waals surface area contributed by atoms with Crippen LogP contribution in [0.2, 0.25) is 0 Å². The molecule has 2 unspecified atom stereocenters. The molecule has 1 aromatic heterocycles. The number of benzene rings is 1. The van der Waals surface area contributed by atoms with Gasteiger partial charge in [-0.2, -0.15) is 0 Å². The average molecular weight is 258 g/mol. The van der Waals surface area contributed by atoms with Crippen molar-refractivity contribution in [2.75, 3.05) is 12.8 Å². The molecule has 0 radical (unpaired) electrons. The summed E-state index contributed by atoms with van der Waals surface area (Å²) in [6, 6.07) is 13.3. The summed E-state index contributed by atoms with van der Waals surface area (Å²) in [6.07, 6.45) is 1.00. The smallest absolute Gasteiger partial charge is 0.126 e. The van der Waals surface area contributed by atoms with Gasteiger partial charge in [0.25, 0.3) is 0 Å². The Morgan fingerprint density at radius 2 is 1.95 bits per heavy atom. The van der Waals surface area contributed by atoms with Gasteiger partial charge in [-0.15, -0.1) is 0 Å². The van der Waals surface area contributed by atoms with E-state index >= 15 is 0 Å². The molecule has 4 nitrogen and oxygen atoms in total. The molecule has 0 bridgehead atoms. The second-order valence-electron chi connectivity index (χ2n) is 4.39. The van der Waals surface area contributed by atoms with E-state index in [1.54, 1.807) is 13.3 Å². The van der Waals surface area contributed by atoms with Crippen molar-refractivity contribution < 1.29 is 9.84 Å². The predicted octanol–water partition coefficient (Wildman–Crippen LogP) is 1.95. The Morgan fingerprint density at radius 1 is 1.21 bits per heavy atom. The van der Waals surface area contributed by atoms with Gasteiger partial charge in [-0.05, 0) is 17.2 Å². The van der Waals surface area contributed by atoms with Gasteiger partial charge >= 0.3 is 0 Å². The number of nitrogens with zero attached hydrogens (tertiary/aromatic N) is 1. The number of aliphatic hydroxyl groups excluding tert-OH is 1. The molecule has 0 aliphatic rings. The van der Waals surface area contributed by atoms with Gasteiger partial charge in [0.1, 0.15) is 11.9 Å². The van der Waals surface area contributed by atoms with E-state index in [1.165, 1.54) is 0 Å². The van der Waals surface area contributed by atoms with Crippen molar-refractivity contribution in [3.8, 4) is 0 Å². The van der Waals surface area contributed by atoms with Crippen LogP contribution < -0.4 is 5.73 Å². The number of aliphatic hydroxyl groups is 1. The molecular formula is C15H18N2O2. The van der Waals surface area contributed by atoms with Crippen LogP contribution in [0.1, 0.15) is 17.2 Å². The Kier molecular flexibility index (Phi) is 4.49. The highest BCUT2D eigenvalue weighted by molar-refractivity contribution is 5.39. The number of hydrogen-bond acceptors (Lipinski definition) is 4. The van der Waals surface area contributed by atoms with Crippen LogP contribution in [-0.2, 0) is 11.2 Å². The minimum atomic E-state index is -0.668. The Bertz CT molecular complexity index is 517. The lowest BCUT2D eigenvalue weighted by molar-refractivity contribution is -0.0128. The fourth-order valence-corrected chi connectivity index (χ4v) is 2.11. The Labute approximate surface area is 112 Å². The van der Waals surface area contributed by atoms with E-state index in [1.807, 2.05) is 42.5 Å². The molecule has 0 spiro atoms. The van der Waals surface area contributed by atoms with Gasteiger partial charge in [0.2, 0.25) is 0 Å². The highest BCUT2D eigenvalue weighted by Gasteiger charge is 2.21. The zero-order valence-corrected chi connectivity index (χ0v) is 10.9. The number of nitrogens with two attached hydrogens (primary N) is 1. The molecule has 0 aliphatic heterocycles. The molecular weight excluding hydrogens is 240 g/mol.